The Bertz CT molecular complexity index is 458. The van der Waals surface area contributed by atoms with E-state index in [4.69, 9.17) is 9.47 Å². The van der Waals surface area contributed by atoms with Gasteiger partial charge in [0.15, 0.2) is 6.29 Å². The number of nitrogens with one attached hydrogen (secondary N) is 1. The van der Waals surface area contributed by atoms with Crippen LogP contribution in [-0.4, -0.2) is 33.6 Å². The monoisotopic (exact) mass is 285 g/mol. The molecule has 0 aliphatic carbocycles. The summed E-state index contributed by atoms with van der Waals surface area (Å²) in [5.74, 6) is 0.321. The minimum absolute atomic E-state index is 0.211. The number of hydrogen-bond donors (Lipinski definition) is 1. The molecule has 0 spiro atoms. The van der Waals surface area contributed by atoms with Crippen LogP contribution in [0.4, 0.5) is 0 Å². The van der Waals surface area contributed by atoms with Gasteiger partial charge < -0.3 is 14.8 Å². The van der Waals surface area contributed by atoms with Gasteiger partial charge in [-0.15, -0.1) is 0 Å². The molecule has 112 valence electrons. The van der Waals surface area contributed by atoms with E-state index in [1.807, 2.05) is 12.1 Å². The largest absolute Gasteiger partial charge is 0.355 e. The van der Waals surface area contributed by atoms with Gasteiger partial charge in [-0.05, 0) is 11.1 Å². The van der Waals surface area contributed by atoms with E-state index in [0.29, 0.717) is 12.5 Å². The summed E-state index contributed by atoms with van der Waals surface area (Å²) in [6.07, 6.45) is -0.211. The second-order valence-electron chi connectivity index (χ2n) is 4.93. The van der Waals surface area contributed by atoms with Gasteiger partial charge in [-0.3, -0.25) is 0 Å². The molecule has 2 rings (SSSR count). The Kier molecular flexibility index (Phi) is 6.41. The van der Waals surface area contributed by atoms with E-state index in [2.05, 4.69) is 53.8 Å². The number of hydrogen-bond acceptors (Lipinski definition) is 3. The highest BCUT2D eigenvalue weighted by molar-refractivity contribution is 5.32. The maximum atomic E-state index is 5.21. The van der Waals surface area contributed by atoms with Crippen LogP contribution in [0, 0.1) is 0 Å². The number of ether oxygens (including phenoxy) is 2. The quantitative estimate of drug-likeness (QED) is 0.756. The second kappa shape index (κ2) is 8.57. The van der Waals surface area contributed by atoms with Gasteiger partial charge in [0.1, 0.15) is 0 Å². The molecule has 3 heteroatoms. The highest BCUT2D eigenvalue weighted by atomic mass is 16.7. The van der Waals surface area contributed by atoms with Crippen molar-refractivity contribution in [2.75, 3.05) is 27.3 Å². The zero-order chi connectivity index (χ0) is 14.9. The first-order valence-electron chi connectivity index (χ1n) is 7.21. The summed E-state index contributed by atoms with van der Waals surface area (Å²) in [6, 6.07) is 21.1. The normalized spacial score (nSPS) is 11.2. The summed E-state index contributed by atoms with van der Waals surface area (Å²) >= 11 is 0. The van der Waals surface area contributed by atoms with Gasteiger partial charge in [-0.1, -0.05) is 60.7 Å². The highest BCUT2D eigenvalue weighted by Gasteiger charge is 2.14. The third-order valence-electron chi connectivity index (χ3n) is 3.59. The fourth-order valence-corrected chi connectivity index (χ4v) is 2.41. The molecular weight excluding hydrogens is 262 g/mol. The van der Waals surface area contributed by atoms with E-state index < -0.39 is 0 Å². The first-order valence-corrected chi connectivity index (χ1v) is 7.21. The van der Waals surface area contributed by atoms with Gasteiger partial charge in [0, 0.05) is 33.2 Å². The van der Waals surface area contributed by atoms with E-state index >= 15 is 0 Å². The van der Waals surface area contributed by atoms with E-state index in [1.165, 1.54) is 11.1 Å². The van der Waals surface area contributed by atoms with Crippen LogP contribution < -0.4 is 5.32 Å². The SMILES string of the molecule is COC(CNCC(c1ccccc1)c1ccccc1)OC. The highest BCUT2D eigenvalue weighted by Crippen LogP contribution is 2.23. The molecule has 0 atom stereocenters. The third kappa shape index (κ3) is 4.67. The van der Waals surface area contributed by atoms with Crippen molar-refractivity contribution >= 4 is 0 Å². The summed E-state index contributed by atoms with van der Waals surface area (Å²) in [5, 5.41) is 3.43. The van der Waals surface area contributed by atoms with Gasteiger partial charge in [0.05, 0.1) is 0 Å². The zero-order valence-corrected chi connectivity index (χ0v) is 12.7. The smallest absolute Gasteiger partial charge is 0.169 e. The van der Waals surface area contributed by atoms with Crippen LogP contribution in [0.2, 0.25) is 0 Å². The second-order valence-corrected chi connectivity index (χ2v) is 4.93. The molecule has 3 nitrogen and oxygen atoms in total. The predicted molar refractivity (Wildman–Crippen MR) is 85.4 cm³/mol. The van der Waals surface area contributed by atoms with Gasteiger partial charge in [0.2, 0.25) is 0 Å². The number of rotatable bonds is 8. The molecule has 0 radical (unpaired) electrons. The standard InChI is InChI=1S/C18H23NO2/c1-20-18(21-2)14-19-13-17(15-9-5-3-6-10-15)16-11-7-4-8-12-16/h3-12,17-19H,13-14H2,1-2H3. The van der Waals surface area contributed by atoms with Crippen molar-refractivity contribution in [1.82, 2.24) is 5.32 Å². The molecule has 0 fully saturated rings. The third-order valence-corrected chi connectivity index (χ3v) is 3.59. The molecule has 1 N–H and O–H groups in total. The van der Waals surface area contributed by atoms with Crippen molar-refractivity contribution in [3.63, 3.8) is 0 Å². The lowest BCUT2D eigenvalue weighted by Crippen LogP contribution is -2.32. The zero-order valence-electron chi connectivity index (χ0n) is 12.7. The van der Waals surface area contributed by atoms with Crippen LogP contribution in [0.5, 0.6) is 0 Å². The van der Waals surface area contributed by atoms with Crippen molar-refractivity contribution in [1.29, 1.82) is 0 Å². The van der Waals surface area contributed by atoms with Gasteiger partial charge in [-0.25, -0.2) is 0 Å². The molecule has 0 unspecified atom stereocenters. The fraction of sp³-hybridized carbons (Fsp3) is 0.333. The molecule has 0 saturated heterocycles. The van der Waals surface area contributed by atoms with E-state index in [1.54, 1.807) is 14.2 Å². The Balaban J connectivity index is 2.07. The Morgan fingerprint density at radius 3 is 1.67 bits per heavy atom. The molecule has 0 aromatic heterocycles. The topological polar surface area (TPSA) is 30.5 Å². The summed E-state index contributed by atoms with van der Waals surface area (Å²) in [4.78, 5) is 0. The average molecular weight is 285 g/mol. The minimum atomic E-state index is -0.211. The van der Waals surface area contributed by atoms with Crippen LogP contribution in [0.25, 0.3) is 0 Å². The lowest BCUT2D eigenvalue weighted by molar-refractivity contribution is -0.0987. The van der Waals surface area contributed by atoms with Crippen LogP contribution in [0.3, 0.4) is 0 Å². The molecule has 2 aromatic rings. The summed E-state index contributed by atoms with van der Waals surface area (Å²) in [5.41, 5.74) is 2.62. The number of benzene rings is 2. The molecule has 0 saturated carbocycles. The molecule has 0 aliphatic heterocycles. The van der Waals surface area contributed by atoms with Crippen LogP contribution >= 0.6 is 0 Å². The Morgan fingerprint density at radius 2 is 1.24 bits per heavy atom. The molecule has 0 bridgehead atoms. The van der Waals surface area contributed by atoms with Crippen molar-refractivity contribution in [3.05, 3.63) is 71.8 Å². The minimum Gasteiger partial charge on any atom is -0.355 e. The van der Waals surface area contributed by atoms with Gasteiger partial charge >= 0.3 is 0 Å². The molecule has 2 aromatic carbocycles. The molecule has 21 heavy (non-hydrogen) atoms. The molecule has 0 aliphatic rings. The Hall–Kier alpha value is -1.68. The van der Waals surface area contributed by atoms with E-state index in [0.717, 1.165) is 6.54 Å². The van der Waals surface area contributed by atoms with Gasteiger partial charge in [0.25, 0.3) is 0 Å². The van der Waals surface area contributed by atoms with Crippen LogP contribution in [0.1, 0.15) is 17.0 Å². The summed E-state index contributed by atoms with van der Waals surface area (Å²) < 4.78 is 10.4. The van der Waals surface area contributed by atoms with E-state index in [-0.39, 0.29) is 6.29 Å². The average Bonchev–Trinajstić information content (AvgIpc) is 2.57. The lowest BCUT2D eigenvalue weighted by atomic mass is 9.91. The lowest BCUT2D eigenvalue weighted by Gasteiger charge is -2.20. The summed E-state index contributed by atoms with van der Waals surface area (Å²) in [7, 11) is 3.31. The maximum Gasteiger partial charge on any atom is 0.169 e. The first-order chi connectivity index (χ1) is 10.3. The van der Waals surface area contributed by atoms with Gasteiger partial charge in [-0.2, -0.15) is 0 Å². The van der Waals surface area contributed by atoms with Crippen molar-refractivity contribution in [2.45, 2.75) is 12.2 Å². The summed E-state index contributed by atoms with van der Waals surface area (Å²) in [6.45, 7) is 1.51. The fourth-order valence-electron chi connectivity index (χ4n) is 2.41. The van der Waals surface area contributed by atoms with Crippen molar-refractivity contribution in [3.8, 4) is 0 Å². The Labute approximate surface area is 126 Å². The van der Waals surface area contributed by atoms with Crippen molar-refractivity contribution < 1.29 is 9.47 Å². The predicted octanol–water partition coefficient (Wildman–Crippen LogP) is 3.03. The van der Waals surface area contributed by atoms with E-state index in [9.17, 15) is 0 Å². The van der Waals surface area contributed by atoms with Crippen LogP contribution in [-0.2, 0) is 9.47 Å². The maximum absolute atomic E-state index is 5.21. The van der Waals surface area contributed by atoms with Crippen molar-refractivity contribution in [2.24, 2.45) is 0 Å². The molecule has 0 amide bonds. The number of methoxy groups -OCH3 is 2. The Morgan fingerprint density at radius 1 is 0.762 bits per heavy atom. The van der Waals surface area contributed by atoms with Crippen LogP contribution in [0.15, 0.2) is 60.7 Å². The first kappa shape index (κ1) is 15.7. The molecular formula is C18H23NO2. The molecule has 0 heterocycles.